The molecule has 0 bridgehead atoms. The van der Waals surface area contributed by atoms with Crippen LogP contribution in [0.1, 0.15) is 40.0 Å². The van der Waals surface area contributed by atoms with Crippen molar-refractivity contribution in [1.29, 1.82) is 0 Å². The lowest BCUT2D eigenvalue weighted by molar-refractivity contribution is -0.151. The van der Waals surface area contributed by atoms with Crippen molar-refractivity contribution in [3.8, 4) is 0 Å². The van der Waals surface area contributed by atoms with Gasteiger partial charge in [-0.25, -0.2) is 0 Å². The van der Waals surface area contributed by atoms with Crippen LogP contribution in [-0.2, 0) is 9.53 Å². The first-order valence-electron chi connectivity index (χ1n) is 7.51. The minimum Gasteiger partial charge on any atom is -0.469 e. The molecule has 0 spiro atoms. The van der Waals surface area contributed by atoms with Gasteiger partial charge in [-0.05, 0) is 71.8 Å². The minimum absolute atomic E-state index is 0. The summed E-state index contributed by atoms with van der Waals surface area (Å²) in [5.41, 5.74) is -0.366. The number of rotatable bonds is 7. The lowest BCUT2D eigenvalue weighted by atomic mass is 9.88. The monoisotopic (exact) mass is 306 g/mol. The lowest BCUT2D eigenvalue weighted by Gasteiger charge is -2.33. The van der Waals surface area contributed by atoms with Gasteiger partial charge in [-0.15, -0.1) is 12.4 Å². The molecule has 1 fully saturated rings. The van der Waals surface area contributed by atoms with Gasteiger partial charge >= 0.3 is 5.97 Å². The summed E-state index contributed by atoms with van der Waals surface area (Å²) in [5, 5.41) is 3.43. The second-order valence-corrected chi connectivity index (χ2v) is 6.22. The average molecular weight is 307 g/mol. The summed E-state index contributed by atoms with van der Waals surface area (Å²) in [6, 6.07) is 0. The number of carbonyl (C=O) groups is 1. The van der Waals surface area contributed by atoms with Crippen molar-refractivity contribution in [2.24, 2.45) is 11.3 Å². The highest BCUT2D eigenvalue weighted by atomic mass is 35.5. The maximum Gasteiger partial charge on any atom is 0.311 e. The SMILES string of the molecule is CCNCC1CCN(CCC(C)(C)C(=O)OC)CC1.Cl. The Labute approximate surface area is 130 Å². The van der Waals surface area contributed by atoms with Crippen LogP contribution in [0.25, 0.3) is 0 Å². The van der Waals surface area contributed by atoms with E-state index in [0.29, 0.717) is 0 Å². The van der Waals surface area contributed by atoms with Crippen molar-refractivity contribution in [2.75, 3.05) is 39.8 Å². The highest BCUT2D eigenvalue weighted by Gasteiger charge is 2.29. The van der Waals surface area contributed by atoms with Gasteiger partial charge in [0.25, 0.3) is 0 Å². The first-order valence-corrected chi connectivity index (χ1v) is 7.51. The second kappa shape index (κ2) is 9.59. The third-order valence-electron chi connectivity index (χ3n) is 4.18. The fourth-order valence-electron chi connectivity index (χ4n) is 2.58. The summed E-state index contributed by atoms with van der Waals surface area (Å²) in [5.74, 6) is 0.722. The molecule has 0 aromatic heterocycles. The van der Waals surface area contributed by atoms with Crippen molar-refractivity contribution >= 4 is 18.4 Å². The molecule has 1 rings (SSSR count). The largest absolute Gasteiger partial charge is 0.469 e. The molecule has 0 aromatic rings. The zero-order valence-electron chi connectivity index (χ0n) is 13.4. The van der Waals surface area contributed by atoms with E-state index >= 15 is 0 Å². The Morgan fingerprint density at radius 3 is 2.45 bits per heavy atom. The number of ether oxygens (including phenoxy) is 1. The summed E-state index contributed by atoms with van der Waals surface area (Å²) in [4.78, 5) is 14.1. The highest BCUT2D eigenvalue weighted by Crippen LogP contribution is 2.24. The first kappa shape index (κ1) is 19.7. The van der Waals surface area contributed by atoms with Crippen molar-refractivity contribution < 1.29 is 9.53 Å². The molecule has 0 saturated carbocycles. The highest BCUT2D eigenvalue weighted by molar-refractivity contribution is 5.85. The fourth-order valence-corrected chi connectivity index (χ4v) is 2.58. The van der Waals surface area contributed by atoms with Gasteiger partial charge in [0.2, 0.25) is 0 Å². The molecule has 5 heteroatoms. The van der Waals surface area contributed by atoms with E-state index in [2.05, 4.69) is 17.1 Å². The van der Waals surface area contributed by atoms with Crippen LogP contribution in [-0.4, -0.2) is 50.7 Å². The molecule has 0 radical (unpaired) electrons. The predicted octanol–water partition coefficient (Wildman–Crippen LogP) is 2.32. The Bertz CT molecular complexity index is 277. The Morgan fingerprint density at radius 1 is 1.35 bits per heavy atom. The average Bonchev–Trinajstić information content (AvgIpc) is 2.43. The van der Waals surface area contributed by atoms with Crippen LogP contribution in [0.4, 0.5) is 0 Å². The molecule has 0 aromatic carbocycles. The van der Waals surface area contributed by atoms with Gasteiger partial charge in [-0.3, -0.25) is 4.79 Å². The number of esters is 1. The number of nitrogens with zero attached hydrogens (tertiary/aromatic N) is 1. The van der Waals surface area contributed by atoms with E-state index in [1.165, 1.54) is 20.0 Å². The van der Waals surface area contributed by atoms with Crippen LogP contribution in [0, 0.1) is 11.3 Å². The number of likely N-dealkylation sites (tertiary alicyclic amines) is 1. The van der Waals surface area contributed by atoms with Crippen molar-refractivity contribution in [3.05, 3.63) is 0 Å². The van der Waals surface area contributed by atoms with Gasteiger partial charge in [-0.2, -0.15) is 0 Å². The molecule has 1 aliphatic rings. The maximum atomic E-state index is 11.6. The van der Waals surface area contributed by atoms with Crippen LogP contribution >= 0.6 is 12.4 Å². The molecule has 20 heavy (non-hydrogen) atoms. The molecule has 1 heterocycles. The topological polar surface area (TPSA) is 41.6 Å². The predicted molar refractivity (Wildman–Crippen MR) is 85.4 cm³/mol. The zero-order valence-corrected chi connectivity index (χ0v) is 14.2. The number of piperidine rings is 1. The van der Waals surface area contributed by atoms with Crippen molar-refractivity contribution in [3.63, 3.8) is 0 Å². The molecule has 0 unspecified atom stereocenters. The van der Waals surface area contributed by atoms with E-state index in [4.69, 9.17) is 4.74 Å². The molecule has 4 nitrogen and oxygen atoms in total. The number of carbonyl (C=O) groups excluding carboxylic acids is 1. The first-order chi connectivity index (χ1) is 8.99. The van der Waals surface area contributed by atoms with Crippen LogP contribution in [0.5, 0.6) is 0 Å². The summed E-state index contributed by atoms with van der Waals surface area (Å²) >= 11 is 0. The Kier molecular flexibility index (Phi) is 9.43. The Morgan fingerprint density at radius 2 is 1.95 bits per heavy atom. The number of halogens is 1. The molecular weight excluding hydrogens is 276 g/mol. The summed E-state index contributed by atoms with van der Waals surface area (Å²) in [7, 11) is 1.47. The van der Waals surface area contributed by atoms with Gasteiger partial charge in [0.1, 0.15) is 0 Å². The number of hydrogen-bond acceptors (Lipinski definition) is 4. The van der Waals surface area contributed by atoms with E-state index < -0.39 is 0 Å². The van der Waals surface area contributed by atoms with Crippen LogP contribution < -0.4 is 5.32 Å². The number of hydrogen-bond donors (Lipinski definition) is 1. The zero-order chi connectivity index (χ0) is 14.3. The third kappa shape index (κ3) is 6.42. The number of nitrogens with one attached hydrogen (secondary N) is 1. The van der Waals surface area contributed by atoms with E-state index in [1.54, 1.807) is 0 Å². The summed E-state index contributed by atoms with van der Waals surface area (Å²) in [6.07, 6.45) is 3.41. The normalized spacial score (nSPS) is 17.6. The van der Waals surface area contributed by atoms with Gasteiger partial charge in [0.05, 0.1) is 12.5 Å². The molecule has 0 aliphatic carbocycles. The second-order valence-electron chi connectivity index (χ2n) is 6.22. The van der Waals surface area contributed by atoms with Crippen molar-refractivity contribution in [2.45, 2.75) is 40.0 Å². The molecule has 1 aliphatic heterocycles. The van der Waals surface area contributed by atoms with Gasteiger partial charge in [-0.1, -0.05) is 6.92 Å². The van der Waals surface area contributed by atoms with Crippen LogP contribution in [0.15, 0.2) is 0 Å². The fraction of sp³-hybridized carbons (Fsp3) is 0.933. The minimum atomic E-state index is -0.366. The Balaban J connectivity index is 0.00000361. The van der Waals surface area contributed by atoms with E-state index in [0.717, 1.165) is 45.1 Å². The summed E-state index contributed by atoms with van der Waals surface area (Å²) < 4.78 is 4.85. The third-order valence-corrected chi connectivity index (χ3v) is 4.18. The smallest absolute Gasteiger partial charge is 0.311 e. The van der Waals surface area contributed by atoms with Crippen LogP contribution in [0.2, 0.25) is 0 Å². The molecular formula is C15H31ClN2O2. The van der Waals surface area contributed by atoms with Crippen LogP contribution in [0.3, 0.4) is 0 Å². The van der Waals surface area contributed by atoms with Gasteiger partial charge < -0.3 is 15.0 Å². The lowest BCUT2D eigenvalue weighted by Crippen LogP contribution is -2.39. The summed E-state index contributed by atoms with van der Waals surface area (Å²) in [6.45, 7) is 11.6. The van der Waals surface area contributed by atoms with E-state index in [1.807, 2.05) is 13.8 Å². The molecule has 1 N–H and O–H groups in total. The quantitative estimate of drug-likeness (QED) is 0.733. The molecule has 0 atom stereocenters. The van der Waals surface area contributed by atoms with E-state index in [9.17, 15) is 4.79 Å². The standard InChI is InChI=1S/C15H30N2O2.ClH/c1-5-16-12-13-6-9-17(10-7-13)11-8-15(2,3)14(18)19-4;/h13,16H,5-12H2,1-4H3;1H. The molecule has 0 amide bonds. The van der Waals surface area contributed by atoms with Gasteiger partial charge in [0.15, 0.2) is 0 Å². The number of methoxy groups -OCH3 is 1. The maximum absolute atomic E-state index is 11.6. The van der Waals surface area contributed by atoms with Crippen molar-refractivity contribution in [1.82, 2.24) is 10.2 Å². The van der Waals surface area contributed by atoms with Gasteiger partial charge in [0, 0.05) is 0 Å². The molecule has 120 valence electrons. The van der Waals surface area contributed by atoms with E-state index in [-0.39, 0.29) is 23.8 Å². The molecule has 1 saturated heterocycles. The Hall–Kier alpha value is -0.320.